The molecule has 0 unspecified atom stereocenters. The Hall–Kier alpha value is -1.85. The molecule has 0 radical (unpaired) electrons. The lowest BCUT2D eigenvalue weighted by molar-refractivity contribution is -0.142. The number of aliphatic carboxylic acids is 1. The average Bonchev–Trinajstić information content (AvgIpc) is 3.07. The molecule has 0 saturated heterocycles. The lowest BCUT2D eigenvalue weighted by Gasteiger charge is -2.18. The molecular weight excluding hydrogens is 282 g/mol. The van der Waals surface area contributed by atoms with E-state index in [4.69, 9.17) is 0 Å². The van der Waals surface area contributed by atoms with Crippen LogP contribution in [0.25, 0.3) is 0 Å². The van der Waals surface area contributed by atoms with Crippen LogP contribution in [-0.2, 0) is 29.0 Å². The normalized spacial score (nSPS) is 32.2. The van der Waals surface area contributed by atoms with Gasteiger partial charge in [-0.15, -0.1) is 0 Å². The van der Waals surface area contributed by atoms with Crippen LogP contribution in [0, 0.1) is 17.8 Å². The number of hydrogen-bond acceptors (Lipinski definition) is 3. The van der Waals surface area contributed by atoms with Crippen LogP contribution in [0.4, 0.5) is 0 Å². The molecule has 0 spiro atoms. The fourth-order valence-corrected chi connectivity index (χ4v) is 4.31. The van der Waals surface area contributed by atoms with E-state index >= 15 is 0 Å². The molecule has 2 saturated carbocycles. The zero-order chi connectivity index (χ0) is 15.3. The van der Waals surface area contributed by atoms with Gasteiger partial charge in [0.2, 0.25) is 5.91 Å². The summed E-state index contributed by atoms with van der Waals surface area (Å²) in [4.78, 5) is 27.9. The number of aromatic nitrogens is 2. The predicted molar refractivity (Wildman–Crippen MR) is 78.1 cm³/mol. The standard InChI is InChI=1S/C16H21N3O3/c20-15(7-19-8-17-12-3-1-2-4-14(12)19)18-13-6-11(16(21)22)9-5-10(9)13/h8-11,13H,1-7H2,(H,18,20)(H,21,22)/t9-,10+,11-,13+/m1/s1. The molecule has 6 nitrogen and oxygen atoms in total. The molecular formula is C16H21N3O3. The van der Waals surface area contributed by atoms with Crippen molar-refractivity contribution in [1.29, 1.82) is 0 Å². The molecule has 1 amide bonds. The Morgan fingerprint density at radius 3 is 2.86 bits per heavy atom. The summed E-state index contributed by atoms with van der Waals surface area (Å²) in [5.41, 5.74) is 2.33. The van der Waals surface area contributed by atoms with Gasteiger partial charge in [-0.3, -0.25) is 9.59 Å². The molecule has 2 N–H and O–H groups in total. The Kier molecular flexibility index (Phi) is 3.20. The van der Waals surface area contributed by atoms with E-state index in [1.807, 2.05) is 4.57 Å². The molecule has 2 fully saturated rings. The van der Waals surface area contributed by atoms with E-state index in [2.05, 4.69) is 10.3 Å². The van der Waals surface area contributed by atoms with E-state index < -0.39 is 5.97 Å². The second-order valence-electron chi connectivity index (χ2n) is 6.89. The number of rotatable bonds is 4. The summed E-state index contributed by atoms with van der Waals surface area (Å²) in [5, 5.41) is 12.2. The Morgan fingerprint density at radius 2 is 2.09 bits per heavy atom. The van der Waals surface area contributed by atoms with Gasteiger partial charge < -0.3 is 15.0 Å². The Labute approximate surface area is 128 Å². The molecule has 0 aromatic carbocycles. The van der Waals surface area contributed by atoms with Crippen molar-refractivity contribution in [1.82, 2.24) is 14.9 Å². The van der Waals surface area contributed by atoms with Crippen LogP contribution >= 0.6 is 0 Å². The number of carboxylic acid groups (broad SMARTS) is 1. The van der Waals surface area contributed by atoms with Crippen molar-refractivity contribution >= 4 is 11.9 Å². The molecule has 3 aliphatic rings. The van der Waals surface area contributed by atoms with Gasteiger partial charge in [-0.25, -0.2) is 4.98 Å². The van der Waals surface area contributed by atoms with Gasteiger partial charge in [0.1, 0.15) is 6.54 Å². The monoisotopic (exact) mass is 303 g/mol. The van der Waals surface area contributed by atoms with E-state index in [0.717, 1.165) is 31.4 Å². The second-order valence-corrected chi connectivity index (χ2v) is 6.89. The van der Waals surface area contributed by atoms with Crippen LogP contribution in [0.1, 0.15) is 37.1 Å². The fraction of sp³-hybridized carbons (Fsp3) is 0.688. The number of carbonyl (C=O) groups excluding carboxylic acids is 1. The van der Waals surface area contributed by atoms with Crippen LogP contribution in [-0.4, -0.2) is 32.6 Å². The van der Waals surface area contributed by atoms with Crippen molar-refractivity contribution < 1.29 is 14.7 Å². The highest BCUT2D eigenvalue weighted by molar-refractivity contribution is 5.77. The zero-order valence-corrected chi connectivity index (χ0v) is 12.5. The van der Waals surface area contributed by atoms with Crippen molar-refractivity contribution in [2.24, 2.45) is 17.8 Å². The Morgan fingerprint density at radius 1 is 1.27 bits per heavy atom. The van der Waals surface area contributed by atoms with Crippen molar-refractivity contribution in [3.05, 3.63) is 17.7 Å². The minimum atomic E-state index is -0.715. The maximum Gasteiger partial charge on any atom is 0.306 e. The SMILES string of the molecule is O=C(Cn1cnc2c1CCCC2)N[C@H]1C[C@@H](C(=O)O)[C@@H]2C[C@@H]21. The van der Waals surface area contributed by atoms with Crippen LogP contribution < -0.4 is 5.32 Å². The molecule has 1 heterocycles. The van der Waals surface area contributed by atoms with Gasteiger partial charge in [0.25, 0.3) is 0 Å². The minimum Gasteiger partial charge on any atom is -0.481 e. The first-order valence-electron chi connectivity index (χ1n) is 8.18. The first kappa shape index (κ1) is 13.8. The second kappa shape index (κ2) is 5.11. The van der Waals surface area contributed by atoms with E-state index in [9.17, 15) is 14.7 Å². The highest BCUT2D eigenvalue weighted by Crippen LogP contribution is 2.55. The summed E-state index contributed by atoms with van der Waals surface area (Å²) in [6, 6.07) is 0.0398. The van der Waals surface area contributed by atoms with Crippen molar-refractivity contribution in [2.45, 2.75) is 51.1 Å². The molecule has 1 aromatic rings. The summed E-state index contributed by atoms with van der Waals surface area (Å²) >= 11 is 0. The van der Waals surface area contributed by atoms with Crippen LogP contribution in [0.2, 0.25) is 0 Å². The number of carboxylic acids is 1. The van der Waals surface area contributed by atoms with Crippen LogP contribution in [0.3, 0.4) is 0 Å². The number of carbonyl (C=O) groups is 2. The molecule has 0 aliphatic heterocycles. The number of hydrogen-bond donors (Lipinski definition) is 2. The van der Waals surface area contributed by atoms with E-state index in [1.165, 1.54) is 12.1 Å². The fourth-order valence-electron chi connectivity index (χ4n) is 4.31. The molecule has 6 heteroatoms. The van der Waals surface area contributed by atoms with Crippen molar-refractivity contribution in [2.75, 3.05) is 0 Å². The summed E-state index contributed by atoms with van der Waals surface area (Å²) in [6.07, 6.45) is 7.64. The van der Waals surface area contributed by atoms with E-state index in [1.54, 1.807) is 6.33 Å². The summed E-state index contributed by atoms with van der Waals surface area (Å²) in [6.45, 7) is 0.300. The lowest BCUT2D eigenvalue weighted by Crippen LogP contribution is -2.38. The molecule has 3 aliphatic carbocycles. The molecule has 4 rings (SSSR count). The van der Waals surface area contributed by atoms with Gasteiger partial charge in [-0.1, -0.05) is 0 Å². The smallest absolute Gasteiger partial charge is 0.306 e. The van der Waals surface area contributed by atoms with Gasteiger partial charge in [-0.2, -0.15) is 0 Å². The zero-order valence-electron chi connectivity index (χ0n) is 12.5. The topological polar surface area (TPSA) is 84.2 Å². The Bertz CT molecular complexity index is 624. The molecule has 0 bridgehead atoms. The predicted octanol–water partition coefficient (Wildman–Crippen LogP) is 0.987. The number of nitrogens with one attached hydrogen (secondary N) is 1. The highest BCUT2D eigenvalue weighted by Gasteiger charge is 2.57. The maximum atomic E-state index is 12.3. The minimum absolute atomic E-state index is 0.0209. The largest absolute Gasteiger partial charge is 0.481 e. The lowest BCUT2D eigenvalue weighted by atomic mass is 10.0. The Balaban J connectivity index is 1.38. The molecule has 118 valence electrons. The first-order chi connectivity index (χ1) is 10.6. The van der Waals surface area contributed by atoms with Gasteiger partial charge in [-0.05, 0) is 50.4 Å². The van der Waals surface area contributed by atoms with Crippen LogP contribution in [0.15, 0.2) is 6.33 Å². The molecule has 1 aromatic heterocycles. The number of amides is 1. The number of imidazole rings is 1. The summed E-state index contributed by atoms with van der Waals surface area (Å²) in [5.74, 6) is -0.345. The molecule has 4 atom stereocenters. The first-order valence-corrected chi connectivity index (χ1v) is 8.18. The third-order valence-electron chi connectivity index (χ3n) is 5.52. The number of nitrogens with zero attached hydrogens (tertiary/aromatic N) is 2. The quantitative estimate of drug-likeness (QED) is 0.868. The van der Waals surface area contributed by atoms with Crippen LogP contribution in [0.5, 0.6) is 0 Å². The average molecular weight is 303 g/mol. The van der Waals surface area contributed by atoms with Gasteiger partial charge in [0.15, 0.2) is 0 Å². The number of aryl methyl sites for hydroxylation is 1. The highest BCUT2D eigenvalue weighted by atomic mass is 16.4. The van der Waals surface area contributed by atoms with Crippen molar-refractivity contribution in [3.63, 3.8) is 0 Å². The number of fused-ring (bicyclic) bond motifs is 2. The third kappa shape index (κ3) is 2.30. The van der Waals surface area contributed by atoms with Crippen molar-refractivity contribution in [3.8, 4) is 0 Å². The molecule has 22 heavy (non-hydrogen) atoms. The maximum absolute atomic E-state index is 12.3. The summed E-state index contributed by atoms with van der Waals surface area (Å²) < 4.78 is 1.96. The van der Waals surface area contributed by atoms with Gasteiger partial charge in [0, 0.05) is 11.7 Å². The van der Waals surface area contributed by atoms with E-state index in [0.29, 0.717) is 18.9 Å². The van der Waals surface area contributed by atoms with E-state index in [-0.39, 0.29) is 23.8 Å². The van der Waals surface area contributed by atoms with Gasteiger partial charge >= 0.3 is 5.97 Å². The summed E-state index contributed by atoms with van der Waals surface area (Å²) in [7, 11) is 0. The van der Waals surface area contributed by atoms with Gasteiger partial charge in [0.05, 0.1) is 17.9 Å². The third-order valence-corrected chi connectivity index (χ3v) is 5.52.